The summed E-state index contributed by atoms with van der Waals surface area (Å²) in [5.74, 6) is 0.522. The van der Waals surface area contributed by atoms with Crippen LogP contribution in [0.1, 0.15) is 26.3 Å². The molecule has 0 fully saturated rings. The molecule has 0 radical (unpaired) electrons. The topological polar surface area (TPSA) is 38.2 Å². The molecule has 0 aliphatic carbocycles. The minimum atomic E-state index is -0.252. The molecule has 0 unspecified atom stereocenters. The van der Waals surface area contributed by atoms with Gasteiger partial charge in [-0.3, -0.25) is 0 Å². The summed E-state index contributed by atoms with van der Waals surface area (Å²) >= 11 is 6.40. The highest BCUT2D eigenvalue weighted by Crippen LogP contribution is 2.34. The van der Waals surface area contributed by atoms with Crippen molar-refractivity contribution in [2.75, 3.05) is 11.5 Å². The highest BCUT2D eigenvalue weighted by Gasteiger charge is 2.23. The van der Waals surface area contributed by atoms with Gasteiger partial charge in [-0.15, -0.1) is 0 Å². The molecular formula is C24H28ClN3O. The molecule has 1 aromatic heterocycles. The predicted molar refractivity (Wildman–Crippen MR) is 123 cm³/mol. The van der Waals surface area contributed by atoms with E-state index in [-0.39, 0.29) is 11.4 Å². The number of anilines is 2. The lowest BCUT2D eigenvalue weighted by atomic mass is 9.84. The van der Waals surface area contributed by atoms with Gasteiger partial charge in [0.2, 0.25) is 0 Å². The van der Waals surface area contributed by atoms with Gasteiger partial charge in [0.1, 0.15) is 11.6 Å². The first-order chi connectivity index (χ1) is 13.8. The largest absolute Gasteiger partial charge is 0.462 e. The number of hydrogen-bond acceptors (Lipinski definition) is 4. The van der Waals surface area contributed by atoms with Gasteiger partial charge in [0.25, 0.3) is 0 Å². The Morgan fingerprint density at radius 3 is 2.62 bits per heavy atom. The van der Waals surface area contributed by atoms with E-state index in [2.05, 4.69) is 43.0 Å². The molecule has 2 rings (SSSR count). The third-order valence-corrected chi connectivity index (χ3v) is 4.74. The average Bonchev–Trinajstić information content (AvgIpc) is 2.70. The molecule has 0 N–H and O–H groups in total. The van der Waals surface area contributed by atoms with Gasteiger partial charge in [0.15, 0.2) is 5.82 Å². The minimum absolute atomic E-state index is 0.252. The summed E-state index contributed by atoms with van der Waals surface area (Å²) in [7, 11) is 0. The van der Waals surface area contributed by atoms with Gasteiger partial charge in [0, 0.05) is 17.3 Å². The van der Waals surface area contributed by atoms with E-state index in [4.69, 9.17) is 16.3 Å². The summed E-state index contributed by atoms with van der Waals surface area (Å²) < 4.78 is 5.95. The standard InChI is InChI=1S/C24H28ClN3O/c1-7-12-19(13-8-2)24(5,6)17-29-23-26-16-20(25)22(27-23)28(9-3)21-15-11-10-14-18(21)4/h7-16H,1,3,17H2,2,4-6H3/b13-8-,19-12+. The second-order valence-electron chi connectivity index (χ2n) is 7.19. The lowest BCUT2D eigenvalue weighted by molar-refractivity contribution is 0.200. The van der Waals surface area contributed by atoms with Gasteiger partial charge in [-0.1, -0.05) is 81.1 Å². The monoisotopic (exact) mass is 409 g/mol. The second-order valence-corrected chi connectivity index (χ2v) is 7.60. The molecule has 152 valence electrons. The fourth-order valence-corrected chi connectivity index (χ4v) is 3.04. The number of ether oxygens (including phenoxy) is 1. The van der Waals surface area contributed by atoms with Crippen LogP contribution in [-0.4, -0.2) is 16.6 Å². The maximum Gasteiger partial charge on any atom is 0.318 e. The van der Waals surface area contributed by atoms with Gasteiger partial charge in [-0.25, -0.2) is 4.98 Å². The van der Waals surface area contributed by atoms with Crippen LogP contribution in [0.2, 0.25) is 5.02 Å². The van der Waals surface area contributed by atoms with Crippen LogP contribution in [0.5, 0.6) is 6.01 Å². The van der Waals surface area contributed by atoms with Crippen molar-refractivity contribution in [3.8, 4) is 6.01 Å². The fraction of sp³-hybridized carbons (Fsp3) is 0.250. The van der Waals surface area contributed by atoms with Gasteiger partial charge < -0.3 is 9.64 Å². The van der Waals surface area contributed by atoms with Crippen molar-refractivity contribution in [2.24, 2.45) is 5.41 Å². The zero-order valence-electron chi connectivity index (χ0n) is 17.5. The van der Waals surface area contributed by atoms with E-state index >= 15 is 0 Å². The van der Waals surface area contributed by atoms with Crippen LogP contribution >= 0.6 is 11.6 Å². The Hall–Kier alpha value is -2.85. The number of aryl methyl sites for hydroxylation is 1. The van der Waals surface area contributed by atoms with E-state index in [1.54, 1.807) is 18.5 Å². The SMILES string of the molecule is C=C/C=C(\C=C/C)C(C)(C)COc1ncc(Cl)c(N(C=C)c2ccccc2C)n1. The van der Waals surface area contributed by atoms with Crippen molar-refractivity contribution in [1.29, 1.82) is 0 Å². The Balaban J connectivity index is 2.31. The number of para-hydroxylation sites is 1. The molecule has 0 atom stereocenters. The number of hydrogen-bond donors (Lipinski definition) is 0. The van der Waals surface area contributed by atoms with Crippen molar-refractivity contribution in [3.63, 3.8) is 0 Å². The number of nitrogens with zero attached hydrogens (tertiary/aromatic N) is 3. The summed E-state index contributed by atoms with van der Waals surface area (Å²) in [5, 5.41) is 0.418. The number of rotatable bonds is 9. The Kier molecular flexibility index (Phi) is 7.80. The van der Waals surface area contributed by atoms with Crippen LogP contribution in [-0.2, 0) is 0 Å². The summed E-state index contributed by atoms with van der Waals surface area (Å²) in [4.78, 5) is 10.6. The van der Waals surface area contributed by atoms with Crippen LogP contribution in [0.4, 0.5) is 11.5 Å². The molecule has 1 aromatic carbocycles. The van der Waals surface area contributed by atoms with E-state index in [9.17, 15) is 0 Å². The van der Waals surface area contributed by atoms with Gasteiger partial charge in [-0.05, 0) is 31.1 Å². The molecule has 0 saturated heterocycles. The highest BCUT2D eigenvalue weighted by atomic mass is 35.5. The third kappa shape index (κ3) is 5.58. The summed E-state index contributed by atoms with van der Waals surface area (Å²) in [5.41, 5.74) is 2.88. The molecule has 0 spiro atoms. The third-order valence-electron chi connectivity index (χ3n) is 4.48. The summed E-state index contributed by atoms with van der Waals surface area (Å²) in [6.07, 6.45) is 11.0. The normalized spacial score (nSPS) is 12.1. The van der Waals surface area contributed by atoms with Gasteiger partial charge in [-0.2, -0.15) is 4.98 Å². The van der Waals surface area contributed by atoms with Crippen molar-refractivity contribution in [2.45, 2.75) is 27.7 Å². The van der Waals surface area contributed by atoms with Crippen LogP contribution in [0.3, 0.4) is 0 Å². The lowest BCUT2D eigenvalue weighted by Crippen LogP contribution is -2.24. The summed E-state index contributed by atoms with van der Waals surface area (Å²) in [6.45, 7) is 16.3. The number of halogens is 1. The van der Waals surface area contributed by atoms with E-state index in [0.29, 0.717) is 17.4 Å². The summed E-state index contributed by atoms with van der Waals surface area (Å²) in [6, 6.07) is 8.22. The van der Waals surface area contributed by atoms with Crippen LogP contribution < -0.4 is 9.64 Å². The Labute approximate surface area is 178 Å². The van der Waals surface area contributed by atoms with Crippen molar-refractivity contribution in [1.82, 2.24) is 9.97 Å². The quantitative estimate of drug-likeness (QED) is 0.426. The smallest absolute Gasteiger partial charge is 0.318 e. The Morgan fingerprint density at radius 1 is 1.28 bits per heavy atom. The Bertz CT molecular complexity index is 931. The highest BCUT2D eigenvalue weighted by molar-refractivity contribution is 6.33. The molecule has 0 aliphatic rings. The van der Waals surface area contributed by atoms with Crippen molar-refractivity contribution < 1.29 is 4.74 Å². The molecule has 0 aliphatic heterocycles. The molecule has 0 bridgehead atoms. The number of allylic oxidation sites excluding steroid dienone is 4. The van der Waals surface area contributed by atoms with E-state index in [0.717, 1.165) is 16.8 Å². The lowest BCUT2D eigenvalue weighted by Gasteiger charge is -2.26. The fourth-order valence-electron chi connectivity index (χ4n) is 2.86. The Morgan fingerprint density at radius 2 is 2.00 bits per heavy atom. The van der Waals surface area contributed by atoms with E-state index in [1.807, 2.05) is 55.2 Å². The zero-order chi connectivity index (χ0) is 21.4. The molecule has 0 amide bonds. The van der Waals surface area contributed by atoms with Gasteiger partial charge in [0.05, 0.1) is 6.20 Å². The molecule has 2 aromatic rings. The molecular weight excluding hydrogens is 382 g/mol. The van der Waals surface area contributed by atoms with Crippen LogP contribution in [0, 0.1) is 12.3 Å². The first kappa shape index (κ1) is 22.4. The van der Waals surface area contributed by atoms with Crippen molar-refractivity contribution in [3.05, 3.63) is 90.3 Å². The van der Waals surface area contributed by atoms with Crippen molar-refractivity contribution >= 4 is 23.1 Å². The number of aromatic nitrogens is 2. The second kappa shape index (κ2) is 10.1. The van der Waals surface area contributed by atoms with Gasteiger partial charge >= 0.3 is 6.01 Å². The van der Waals surface area contributed by atoms with Crippen LogP contribution in [0.15, 0.2) is 79.7 Å². The van der Waals surface area contributed by atoms with Crippen LogP contribution in [0.25, 0.3) is 0 Å². The average molecular weight is 410 g/mol. The molecule has 0 saturated carbocycles. The first-order valence-electron chi connectivity index (χ1n) is 9.42. The maximum atomic E-state index is 6.40. The predicted octanol–water partition coefficient (Wildman–Crippen LogP) is 6.81. The minimum Gasteiger partial charge on any atom is -0.462 e. The van der Waals surface area contributed by atoms with E-state index < -0.39 is 0 Å². The van der Waals surface area contributed by atoms with E-state index in [1.165, 1.54) is 0 Å². The molecule has 1 heterocycles. The molecule has 29 heavy (non-hydrogen) atoms. The maximum absolute atomic E-state index is 6.40. The first-order valence-corrected chi connectivity index (χ1v) is 9.80. The zero-order valence-corrected chi connectivity index (χ0v) is 18.3. The molecule has 4 nitrogen and oxygen atoms in total. The number of benzene rings is 1. The molecule has 5 heteroatoms.